The zero-order valence-corrected chi connectivity index (χ0v) is 11.3. The maximum atomic E-state index is 9.78. The molecule has 2 rings (SSSR count). The van der Waals surface area contributed by atoms with E-state index >= 15 is 0 Å². The van der Waals surface area contributed by atoms with Crippen molar-refractivity contribution in [2.45, 2.75) is 68.0 Å². The smallest absolute Gasteiger partial charge is 0.183 e. The number of aliphatic hydroxyl groups excluding tert-OH is 7. The van der Waals surface area contributed by atoms with Crippen LogP contribution < -0.4 is 0 Å². The predicted molar refractivity (Wildman–Crippen MR) is 65.9 cm³/mol. The van der Waals surface area contributed by atoms with Crippen LogP contribution in [0.1, 0.15) is 12.8 Å². The summed E-state index contributed by atoms with van der Waals surface area (Å²) in [7, 11) is 0. The van der Waals surface area contributed by atoms with E-state index in [9.17, 15) is 30.6 Å². The maximum Gasteiger partial charge on any atom is 0.183 e. The molecule has 0 aromatic carbocycles. The van der Waals surface area contributed by atoms with Crippen LogP contribution >= 0.6 is 0 Å². The van der Waals surface area contributed by atoms with Gasteiger partial charge in [-0.2, -0.15) is 0 Å². The molecule has 0 radical (unpaired) electrons. The fourth-order valence-corrected chi connectivity index (χ4v) is 2.71. The Labute approximate surface area is 121 Å². The van der Waals surface area contributed by atoms with Crippen LogP contribution in [0.25, 0.3) is 0 Å². The lowest BCUT2D eigenvalue weighted by Gasteiger charge is -2.38. The predicted octanol–water partition coefficient (Wildman–Crippen LogP) is -3.95. The van der Waals surface area contributed by atoms with Crippen molar-refractivity contribution in [1.82, 2.24) is 0 Å². The summed E-state index contributed by atoms with van der Waals surface area (Å²) in [6, 6.07) is 0. The molecule has 0 aliphatic carbocycles. The highest BCUT2D eigenvalue weighted by molar-refractivity contribution is 4.93. The second-order valence-electron chi connectivity index (χ2n) is 5.49. The highest BCUT2D eigenvalue weighted by Gasteiger charge is 2.45. The van der Waals surface area contributed by atoms with Crippen LogP contribution in [0.15, 0.2) is 0 Å². The lowest BCUT2D eigenvalue weighted by atomic mass is 9.94. The zero-order chi connectivity index (χ0) is 15.7. The fraction of sp³-hybridized carbons (Fsp3) is 1.00. The van der Waals surface area contributed by atoms with Gasteiger partial charge in [-0.05, 0) is 12.8 Å². The minimum Gasteiger partial charge on any atom is -0.394 e. The number of aliphatic hydroxyl groups is 7. The minimum atomic E-state index is -1.61. The molecule has 2 fully saturated rings. The molecule has 9 atom stereocenters. The molecule has 0 amide bonds. The van der Waals surface area contributed by atoms with Gasteiger partial charge in [-0.25, -0.2) is 0 Å². The van der Waals surface area contributed by atoms with E-state index in [-0.39, 0.29) is 12.8 Å². The van der Waals surface area contributed by atoms with E-state index in [1.54, 1.807) is 0 Å². The molecule has 21 heavy (non-hydrogen) atoms. The molecule has 2 aliphatic heterocycles. The van der Waals surface area contributed by atoms with Crippen molar-refractivity contribution in [3.63, 3.8) is 0 Å². The van der Waals surface area contributed by atoms with E-state index in [0.29, 0.717) is 0 Å². The molecule has 0 aromatic heterocycles. The van der Waals surface area contributed by atoms with Crippen LogP contribution in [0.4, 0.5) is 0 Å². The second kappa shape index (κ2) is 6.82. The first kappa shape index (κ1) is 17.0. The summed E-state index contributed by atoms with van der Waals surface area (Å²) in [6.45, 7) is -0.430. The molecule has 9 heteroatoms. The van der Waals surface area contributed by atoms with Gasteiger partial charge in [-0.15, -0.1) is 0 Å². The van der Waals surface area contributed by atoms with Gasteiger partial charge in [-0.3, -0.25) is 0 Å². The van der Waals surface area contributed by atoms with Gasteiger partial charge in [0.2, 0.25) is 0 Å². The van der Waals surface area contributed by atoms with E-state index in [1.807, 2.05) is 0 Å². The number of hydrogen-bond acceptors (Lipinski definition) is 9. The molecule has 0 aromatic rings. The highest BCUT2D eigenvalue weighted by Crippen LogP contribution is 2.28. The van der Waals surface area contributed by atoms with Crippen molar-refractivity contribution in [2.24, 2.45) is 0 Å². The molecule has 0 bridgehead atoms. The molecule has 1 unspecified atom stereocenters. The van der Waals surface area contributed by atoms with Crippen LogP contribution in [-0.2, 0) is 9.47 Å². The van der Waals surface area contributed by atoms with Crippen molar-refractivity contribution in [2.75, 3.05) is 6.61 Å². The lowest BCUT2D eigenvalue weighted by molar-refractivity contribution is -0.283. The van der Waals surface area contributed by atoms with Crippen LogP contribution in [0.5, 0.6) is 0 Å². The SMILES string of the molecule is OC[C@H]1O[C@H](CC[C@H]2OC(O)[C@H](O)[C@@H](O)[C@H]2O)[C@H](O)[C@@H]1O. The number of ether oxygens (including phenoxy) is 2. The Morgan fingerprint density at radius 1 is 0.571 bits per heavy atom. The monoisotopic (exact) mass is 310 g/mol. The normalized spacial score (nSPS) is 51.3. The first-order chi connectivity index (χ1) is 9.86. The Balaban J connectivity index is 1.88. The molecule has 7 N–H and O–H groups in total. The third kappa shape index (κ3) is 3.36. The van der Waals surface area contributed by atoms with Crippen molar-refractivity contribution < 1.29 is 45.2 Å². The molecule has 2 saturated heterocycles. The molecule has 2 heterocycles. The van der Waals surface area contributed by atoms with Crippen LogP contribution in [0.2, 0.25) is 0 Å². The molecular weight excluding hydrogens is 288 g/mol. The van der Waals surface area contributed by atoms with E-state index in [1.165, 1.54) is 0 Å². The summed E-state index contributed by atoms with van der Waals surface area (Å²) in [5, 5.41) is 66.4. The van der Waals surface area contributed by atoms with Gasteiger partial charge in [0.25, 0.3) is 0 Å². The van der Waals surface area contributed by atoms with Gasteiger partial charge in [0, 0.05) is 0 Å². The Morgan fingerprint density at radius 2 is 1.05 bits per heavy atom. The number of rotatable bonds is 4. The summed E-state index contributed by atoms with van der Waals surface area (Å²) < 4.78 is 10.3. The molecule has 124 valence electrons. The van der Waals surface area contributed by atoms with E-state index in [0.717, 1.165) is 0 Å². The molecule has 9 nitrogen and oxygen atoms in total. The fourth-order valence-electron chi connectivity index (χ4n) is 2.71. The van der Waals surface area contributed by atoms with E-state index < -0.39 is 61.7 Å². The summed E-state index contributed by atoms with van der Waals surface area (Å²) >= 11 is 0. The third-order valence-electron chi connectivity index (χ3n) is 4.06. The van der Waals surface area contributed by atoms with Crippen molar-refractivity contribution >= 4 is 0 Å². The van der Waals surface area contributed by atoms with Gasteiger partial charge in [0.05, 0.1) is 18.8 Å². The Hall–Kier alpha value is -0.360. The lowest BCUT2D eigenvalue weighted by Crippen LogP contribution is -2.57. The Bertz CT molecular complexity index is 341. The number of hydrogen-bond donors (Lipinski definition) is 7. The van der Waals surface area contributed by atoms with E-state index in [4.69, 9.17) is 14.6 Å². The molecule has 0 spiro atoms. The second-order valence-corrected chi connectivity index (χ2v) is 5.49. The minimum absolute atomic E-state index is 0.120. The standard InChI is InChI=1S/C12H22O9/c13-3-6-9(16)7(14)4(20-6)1-2-5-8(15)10(17)11(18)12(19)21-5/h4-19H,1-3H2/t4-,5-,6-,7+,8+,9-,10+,11-,12?/m1/s1. The largest absolute Gasteiger partial charge is 0.394 e. The first-order valence-electron chi connectivity index (χ1n) is 6.87. The van der Waals surface area contributed by atoms with Gasteiger partial charge in [0.1, 0.15) is 36.6 Å². The third-order valence-corrected chi connectivity index (χ3v) is 4.06. The highest BCUT2D eigenvalue weighted by atomic mass is 16.6. The maximum absolute atomic E-state index is 9.78. The van der Waals surface area contributed by atoms with Crippen molar-refractivity contribution in [1.29, 1.82) is 0 Å². The van der Waals surface area contributed by atoms with Crippen LogP contribution in [0, 0.1) is 0 Å². The van der Waals surface area contributed by atoms with Crippen LogP contribution in [0.3, 0.4) is 0 Å². The van der Waals surface area contributed by atoms with Crippen molar-refractivity contribution in [3.8, 4) is 0 Å². The van der Waals surface area contributed by atoms with Gasteiger partial charge < -0.3 is 45.2 Å². The molecule has 0 saturated carbocycles. The molecular formula is C12H22O9. The molecule has 2 aliphatic rings. The quantitative estimate of drug-likeness (QED) is 0.275. The summed E-state index contributed by atoms with van der Waals surface area (Å²) in [5.74, 6) is 0. The van der Waals surface area contributed by atoms with Crippen LogP contribution in [-0.4, -0.2) is 97.5 Å². The zero-order valence-electron chi connectivity index (χ0n) is 11.3. The average Bonchev–Trinajstić information content (AvgIpc) is 2.75. The first-order valence-corrected chi connectivity index (χ1v) is 6.87. The van der Waals surface area contributed by atoms with E-state index in [2.05, 4.69) is 0 Å². The van der Waals surface area contributed by atoms with Crippen molar-refractivity contribution in [3.05, 3.63) is 0 Å². The summed E-state index contributed by atoms with van der Waals surface area (Å²) in [4.78, 5) is 0. The Morgan fingerprint density at radius 3 is 1.57 bits per heavy atom. The Kier molecular flexibility index (Phi) is 5.52. The van der Waals surface area contributed by atoms with Gasteiger partial charge >= 0.3 is 0 Å². The topological polar surface area (TPSA) is 160 Å². The van der Waals surface area contributed by atoms with Gasteiger partial charge in [-0.1, -0.05) is 0 Å². The average molecular weight is 310 g/mol. The van der Waals surface area contributed by atoms with Gasteiger partial charge in [0.15, 0.2) is 6.29 Å². The summed E-state index contributed by atoms with van der Waals surface area (Å²) in [6.07, 6.45) is -10.8. The summed E-state index contributed by atoms with van der Waals surface area (Å²) in [5.41, 5.74) is 0.